The van der Waals surface area contributed by atoms with E-state index < -0.39 is 0 Å². The molecule has 0 unspecified atom stereocenters. The Morgan fingerprint density at radius 1 is 1.36 bits per heavy atom. The molecule has 0 aliphatic heterocycles. The van der Waals surface area contributed by atoms with Gasteiger partial charge in [-0.05, 0) is 32.4 Å². The first-order valence-electron chi connectivity index (χ1n) is 8.18. The minimum absolute atomic E-state index is 0.0231. The predicted octanol–water partition coefficient (Wildman–Crippen LogP) is 2.14. The van der Waals surface area contributed by atoms with Gasteiger partial charge in [-0.1, -0.05) is 30.0 Å². The summed E-state index contributed by atoms with van der Waals surface area (Å²) in [4.78, 5) is 26.3. The second-order valence-corrected chi connectivity index (χ2v) is 6.73. The molecule has 2 rings (SSSR count). The fraction of sp³-hybridized carbons (Fsp3) is 0.471. The molecule has 0 saturated carbocycles. The van der Waals surface area contributed by atoms with Gasteiger partial charge in [-0.15, -0.1) is 5.10 Å². The highest BCUT2D eigenvalue weighted by atomic mass is 32.2. The number of H-pyrrole nitrogens is 1. The first-order valence-corrected chi connectivity index (χ1v) is 9.17. The molecule has 1 aromatic heterocycles. The van der Waals surface area contributed by atoms with E-state index in [1.54, 1.807) is 16.6 Å². The molecule has 8 heteroatoms. The number of anilines is 1. The Balaban J connectivity index is 2.05. The van der Waals surface area contributed by atoms with Gasteiger partial charge in [0.1, 0.15) is 0 Å². The summed E-state index contributed by atoms with van der Waals surface area (Å²) in [6, 6.07) is 9.61. The minimum atomic E-state index is -0.269. The van der Waals surface area contributed by atoms with Crippen LogP contribution in [0.15, 0.2) is 40.3 Å². The van der Waals surface area contributed by atoms with E-state index in [1.165, 1.54) is 11.8 Å². The number of rotatable bonds is 9. The van der Waals surface area contributed by atoms with Crippen molar-refractivity contribution in [3.05, 3.63) is 40.8 Å². The minimum Gasteiger partial charge on any atom is -0.385 e. The van der Waals surface area contributed by atoms with Crippen molar-refractivity contribution in [1.29, 1.82) is 0 Å². The molecule has 25 heavy (non-hydrogen) atoms. The summed E-state index contributed by atoms with van der Waals surface area (Å²) in [6.45, 7) is 5.03. The van der Waals surface area contributed by atoms with Crippen LogP contribution >= 0.6 is 11.8 Å². The van der Waals surface area contributed by atoms with Gasteiger partial charge in [0, 0.05) is 32.0 Å². The monoisotopic (exact) mass is 364 g/mol. The van der Waals surface area contributed by atoms with Crippen LogP contribution in [0, 0.1) is 0 Å². The molecule has 0 spiro atoms. The number of thioether (sulfide) groups is 1. The van der Waals surface area contributed by atoms with Crippen molar-refractivity contribution in [2.24, 2.45) is 0 Å². The van der Waals surface area contributed by atoms with Crippen LogP contribution < -0.4 is 10.6 Å². The molecule has 136 valence electrons. The zero-order chi connectivity index (χ0) is 18.2. The van der Waals surface area contributed by atoms with Crippen LogP contribution in [-0.4, -0.2) is 46.2 Å². The van der Waals surface area contributed by atoms with Crippen LogP contribution in [-0.2, 0) is 16.1 Å². The lowest BCUT2D eigenvalue weighted by atomic mass is 10.2. The molecular formula is C17H24N4O3S. The second kappa shape index (κ2) is 9.43. The molecule has 7 nitrogen and oxygen atoms in total. The number of hydrogen-bond acceptors (Lipinski definition) is 5. The maximum absolute atomic E-state index is 12.7. The Labute approximate surface area is 151 Å². The van der Waals surface area contributed by atoms with E-state index in [4.69, 9.17) is 4.74 Å². The third-order valence-electron chi connectivity index (χ3n) is 3.60. The average molecular weight is 364 g/mol. The smallest absolute Gasteiger partial charge is 0.343 e. The average Bonchev–Trinajstić information content (AvgIpc) is 2.94. The number of benzene rings is 1. The molecule has 1 aromatic carbocycles. The van der Waals surface area contributed by atoms with E-state index in [0.717, 1.165) is 5.69 Å². The standard InChI is InChI=1S/C17H24N4O3S/c1-13(2)21(14-8-5-4-6-9-14)15(22)12-25-17-19-18-16(23)20(17)10-7-11-24-3/h4-6,8-9,13H,7,10-12H2,1-3H3,(H,18,23). The number of aromatic amines is 1. The van der Waals surface area contributed by atoms with E-state index >= 15 is 0 Å². The summed E-state index contributed by atoms with van der Waals surface area (Å²) in [5, 5.41) is 6.98. The lowest BCUT2D eigenvalue weighted by Crippen LogP contribution is -2.38. The van der Waals surface area contributed by atoms with Gasteiger partial charge < -0.3 is 9.64 Å². The third-order valence-corrected chi connectivity index (χ3v) is 4.56. The van der Waals surface area contributed by atoms with Crippen LogP contribution in [0.2, 0.25) is 0 Å². The van der Waals surface area contributed by atoms with Crippen LogP contribution in [0.1, 0.15) is 20.3 Å². The molecule has 0 atom stereocenters. The van der Waals surface area contributed by atoms with Crippen molar-refractivity contribution in [3.8, 4) is 0 Å². The number of nitrogens with zero attached hydrogens (tertiary/aromatic N) is 3. The molecule has 1 amide bonds. The molecule has 0 aliphatic carbocycles. The Bertz CT molecular complexity index is 727. The van der Waals surface area contributed by atoms with Gasteiger partial charge in [-0.3, -0.25) is 9.36 Å². The summed E-state index contributed by atoms with van der Waals surface area (Å²) >= 11 is 1.26. The number of carbonyl (C=O) groups excluding carboxylic acids is 1. The predicted molar refractivity (Wildman–Crippen MR) is 99.1 cm³/mol. The number of methoxy groups -OCH3 is 1. The number of hydrogen-bond donors (Lipinski definition) is 1. The van der Waals surface area contributed by atoms with E-state index in [-0.39, 0.29) is 23.4 Å². The lowest BCUT2D eigenvalue weighted by molar-refractivity contribution is -0.116. The van der Waals surface area contributed by atoms with E-state index in [9.17, 15) is 9.59 Å². The van der Waals surface area contributed by atoms with Crippen molar-refractivity contribution in [2.45, 2.75) is 38.0 Å². The van der Waals surface area contributed by atoms with Gasteiger partial charge in [0.15, 0.2) is 5.16 Å². The second-order valence-electron chi connectivity index (χ2n) is 5.79. The molecular weight excluding hydrogens is 340 g/mol. The van der Waals surface area contributed by atoms with E-state index in [0.29, 0.717) is 24.7 Å². The Hall–Kier alpha value is -2.06. The van der Waals surface area contributed by atoms with Crippen molar-refractivity contribution in [3.63, 3.8) is 0 Å². The highest BCUT2D eigenvalue weighted by molar-refractivity contribution is 7.99. The quantitative estimate of drug-likeness (QED) is 0.545. The Kier molecular flexibility index (Phi) is 7.27. The number of nitrogens with one attached hydrogen (secondary N) is 1. The summed E-state index contributed by atoms with van der Waals surface area (Å²) in [5.41, 5.74) is 0.595. The highest BCUT2D eigenvalue weighted by Crippen LogP contribution is 2.20. The highest BCUT2D eigenvalue weighted by Gasteiger charge is 2.20. The normalized spacial score (nSPS) is 11.0. The van der Waals surface area contributed by atoms with Gasteiger partial charge in [-0.2, -0.15) is 0 Å². The molecule has 0 fully saturated rings. The van der Waals surface area contributed by atoms with Gasteiger partial charge in [0.05, 0.1) is 5.75 Å². The number of aromatic nitrogens is 3. The molecule has 0 aliphatic rings. The third kappa shape index (κ3) is 5.20. The maximum Gasteiger partial charge on any atom is 0.343 e. The molecule has 2 aromatic rings. The first kappa shape index (κ1) is 19.3. The van der Waals surface area contributed by atoms with E-state index in [1.807, 2.05) is 44.2 Å². The van der Waals surface area contributed by atoms with Crippen molar-refractivity contribution >= 4 is 23.4 Å². The largest absolute Gasteiger partial charge is 0.385 e. The molecule has 0 saturated heterocycles. The fourth-order valence-corrected chi connectivity index (χ4v) is 3.32. The van der Waals surface area contributed by atoms with Crippen LogP contribution in [0.4, 0.5) is 5.69 Å². The van der Waals surface area contributed by atoms with Gasteiger partial charge >= 0.3 is 5.69 Å². The SMILES string of the molecule is COCCCn1c(SCC(=O)N(c2ccccc2)C(C)C)n[nH]c1=O. The van der Waals surface area contributed by atoms with Crippen LogP contribution in [0.3, 0.4) is 0 Å². The zero-order valence-electron chi connectivity index (χ0n) is 14.8. The van der Waals surface area contributed by atoms with Crippen LogP contribution in [0.25, 0.3) is 0 Å². The van der Waals surface area contributed by atoms with E-state index in [2.05, 4.69) is 10.2 Å². The molecule has 0 bridgehead atoms. The van der Waals surface area contributed by atoms with Crippen molar-refractivity contribution in [1.82, 2.24) is 14.8 Å². The number of ether oxygens (including phenoxy) is 1. The summed E-state index contributed by atoms with van der Waals surface area (Å²) in [6.07, 6.45) is 0.708. The number of para-hydroxylation sites is 1. The fourth-order valence-electron chi connectivity index (χ4n) is 2.49. The Morgan fingerprint density at radius 3 is 2.72 bits per heavy atom. The number of carbonyl (C=O) groups is 1. The van der Waals surface area contributed by atoms with Gasteiger partial charge in [0.2, 0.25) is 5.91 Å². The lowest BCUT2D eigenvalue weighted by Gasteiger charge is -2.26. The number of amides is 1. The van der Waals surface area contributed by atoms with Crippen LogP contribution in [0.5, 0.6) is 0 Å². The summed E-state index contributed by atoms with van der Waals surface area (Å²) in [7, 11) is 1.62. The van der Waals surface area contributed by atoms with Crippen molar-refractivity contribution < 1.29 is 9.53 Å². The zero-order valence-corrected chi connectivity index (χ0v) is 15.6. The first-order chi connectivity index (χ1) is 12.0. The van der Waals surface area contributed by atoms with Crippen molar-refractivity contribution in [2.75, 3.05) is 24.4 Å². The van der Waals surface area contributed by atoms with Gasteiger partial charge in [0.25, 0.3) is 0 Å². The maximum atomic E-state index is 12.7. The Morgan fingerprint density at radius 2 is 2.08 bits per heavy atom. The summed E-state index contributed by atoms with van der Waals surface area (Å²) < 4.78 is 6.55. The molecule has 1 heterocycles. The molecule has 1 N–H and O–H groups in total. The summed E-state index contributed by atoms with van der Waals surface area (Å²) in [5.74, 6) is 0.187. The molecule has 0 radical (unpaired) electrons. The topological polar surface area (TPSA) is 80.2 Å². The van der Waals surface area contributed by atoms with Gasteiger partial charge in [-0.25, -0.2) is 9.89 Å².